The topological polar surface area (TPSA) is 38.7 Å². The quantitative estimate of drug-likeness (QED) is 0.838. The smallest absolute Gasteiger partial charge is 0.194 e. The third kappa shape index (κ3) is 2.54. The second-order valence-electron chi connectivity index (χ2n) is 4.30. The first kappa shape index (κ1) is 13.7. The average molecular weight is 258 g/mol. The van der Waals surface area contributed by atoms with Crippen LogP contribution >= 0.6 is 0 Å². The van der Waals surface area contributed by atoms with Gasteiger partial charge in [-0.2, -0.15) is 0 Å². The van der Waals surface area contributed by atoms with Crippen molar-refractivity contribution < 1.29 is 14.6 Å². The third-order valence-electron chi connectivity index (χ3n) is 3.20. The first-order valence-corrected chi connectivity index (χ1v) is 6.12. The molecule has 0 bridgehead atoms. The summed E-state index contributed by atoms with van der Waals surface area (Å²) in [5, 5.41) is 11.2. The first-order valence-electron chi connectivity index (χ1n) is 6.12. The van der Waals surface area contributed by atoms with Gasteiger partial charge < -0.3 is 14.6 Å². The van der Waals surface area contributed by atoms with E-state index in [1.165, 1.54) is 14.2 Å². The van der Waals surface area contributed by atoms with Gasteiger partial charge in [0.15, 0.2) is 11.9 Å². The normalized spacial score (nSPS) is 11.8. The number of methoxy groups -OCH3 is 2. The summed E-state index contributed by atoms with van der Waals surface area (Å²) in [5.41, 5.74) is 0.122. The number of aliphatic hydroxyl groups is 1. The Hall–Kier alpha value is -1.68. The van der Waals surface area contributed by atoms with Crippen LogP contribution in [0.2, 0.25) is 0 Å². The fourth-order valence-electron chi connectivity index (χ4n) is 2.26. The summed E-state index contributed by atoms with van der Waals surface area (Å²) in [4.78, 5) is 0. The van der Waals surface area contributed by atoms with Crippen molar-refractivity contribution in [3.8, 4) is 0 Å². The summed E-state index contributed by atoms with van der Waals surface area (Å²) in [6.45, 7) is 0. The van der Waals surface area contributed by atoms with E-state index in [2.05, 4.69) is 0 Å². The van der Waals surface area contributed by atoms with Gasteiger partial charge in [0.05, 0.1) is 0 Å². The van der Waals surface area contributed by atoms with Crippen LogP contribution in [0.1, 0.15) is 11.1 Å². The SMILES string of the molecule is COC(OC)C(O)(c1ccccc1)c1ccccc1. The molecule has 0 unspecified atom stereocenters. The second-order valence-corrected chi connectivity index (χ2v) is 4.30. The van der Waals surface area contributed by atoms with Crippen LogP contribution in [-0.2, 0) is 15.1 Å². The fraction of sp³-hybridized carbons (Fsp3) is 0.250. The zero-order valence-corrected chi connectivity index (χ0v) is 11.1. The molecule has 2 aromatic rings. The van der Waals surface area contributed by atoms with Crippen molar-refractivity contribution in [2.45, 2.75) is 11.9 Å². The van der Waals surface area contributed by atoms with Gasteiger partial charge in [0.25, 0.3) is 0 Å². The molecule has 0 spiro atoms. The van der Waals surface area contributed by atoms with Crippen LogP contribution in [0.15, 0.2) is 60.7 Å². The van der Waals surface area contributed by atoms with Crippen molar-refractivity contribution in [3.05, 3.63) is 71.8 Å². The Morgan fingerprint density at radius 3 is 1.47 bits per heavy atom. The highest BCUT2D eigenvalue weighted by Gasteiger charge is 2.41. The van der Waals surface area contributed by atoms with Gasteiger partial charge in [0.2, 0.25) is 0 Å². The lowest BCUT2D eigenvalue weighted by Crippen LogP contribution is -2.43. The number of benzene rings is 2. The largest absolute Gasteiger partial charge is 0.375 e. The minimum absolute atomic E-state index is 0.731. The monoisotopic (exact) mass is 258 g/mol. The van der Waals surface area contributed by atoms with E-state index in [0.717, 1.165) is 11.1 Å². The van der Waals surface area contributed by atoms with E-state index >= 15 is 0 Å². The highest BCUT2D eigenvalue weighted by atomic mass is 16.7. The number of hydrogen-bond donors (Lipinski definition) is 1. The number of rotatable bonds is 5. The van der Waals surface area contributed by atoms with Gasteiger partial charge in [-0.05, 0) is 11.1 Å². The second kappa shape index (κ2) is 5.97. The lowest BCUT2D eigenvalue weighted by atomic mass is 9.85. The summed E-state index contributed by atoms with van der Waals surface area (Å²) in [6.07, 6.45) is -0.780. The Morgan fingerprint density at radius 2 is 1.16 bits per heavy atom. The summed E-state index contributed by atoms with van der Waals surface area (Å²) >= 11 is 0. The predicted octanol–water partition coefficient (Wildman–Crippen LogP) is 2.54. The molecule has 0 saturated heterocycles. The molecule has 0 saturated carbocycles. The molecule has 0 heterocycles. The van der Waals surface area contributed by atoms with Crippen molar-refractivity contribution in [3.63, 3.8) is 0 Å². The molecule has 3 heteroatoms. The lowest BCUT2D eigenvalue weighted by molar-refractivity contribution is -0.203. The van der Waals surface area contributed by atoms with E-state index < -0.39 is 11.9 Å². The predicted molar refractivity (Wildman–Crippen MR) is 73.7 cm³/mol. The van der Waals surface area contributed by atoms with Crippen molar-refractivity contribution >= 4 is 0 Å². The Morgan fingerprint density at radius 1 is 0.789 bits per heavy atom. The standard InChI is InChI=1S/C16H18O3/c1-18-15(19-2)16(17,13-9-5-3-6-10-13)14-11-7-4-8-12-14/h3-12,15,17H,1-2H3. The molecule has 0 atom stereocenters. The zero-order chi connectivity index (χ0) is 13.7. The van der Waals surface area contributed by atoms with Gasteiger partial charge in [-0.3, -0.25) is 0 Å². The molecule has 2 aromatic carbocycles. The van der Waals surface area contributed by atoms with Crippen LogP contribution in [0.25, 0.3) is 0 Å². The molecule has 0 amide bonds. The highest BCUT2D eigenvalue weighted by Crippen LogP contribution is 2.34. The molecule has 2 rings (SSSR count). The maximum absolute atomic E-state index is 11.2. The fourth-order valence-corrected chi connectivity index (χ4v) is 2.26. The summed E-state index contributed by atoms with van der Waals surface area (Å²) in [7, 11) is 3.04. The van der Waals surface area contributed by atoms with E-state index in [1.54, 1.807) is 0 Å². The van der Waals surface area contributed by atoms with E-state index in [-0.39, 0.29) is 0 Å². The molecule has 0 aliphatic rings. The van der Waals surface area contributed by atoms with Gasteiger partial charge in [0, 0.05) is 14.2 Å². The van der Waals surface area contributed by atoms with E-state index in [4.69, 9.17) is 9.47 Å². The summed E-state index contributed by atoms with van der Waals surface area (Å²) in [6, 6.07) is 18.8. The molecule has 19 heavy (non-hydrogen) atoms. The van der Waals surface area contributed by atoms with Crippen molar-refractivity contribution in [1.29, 1.82) is 0 Å². The van der Waals surface area contributed by atoms with E-state index in [9.17, 15) is 5.11 Å². The molecule has 0 aliphatic carbocycles. The molecule has 0 fully saturated rings. The summed E-state index contributed by atoms with van der Waals surface area (Å²) in [5.74, 6) is 0. The Kier molecular flexibility index (Phi) is 4.32. The number of hydrogen-bond acceptors (Lipinski definition) is 3. The van der Waals surface area contributed by atoms with Gasteiger partial charge in [-0.15, -0.1) is 0 Å². The molecule has 3 nitrogen and oxygen atoms in total. The van der Waals surface area contributed by atoms with Crippen molar-refractivity contribution in [2.24, 2.45) is 0 Å². The zero-order valence-electron chi connectivity index (χ0n) is 11.1. The lowest BCUT2D eigenvalue weighted by Gasteiger charge is -2.35. The third-order valence-corrected chi connectivity index (χ3v) is 3.20. The van der Waals surface area contributed by atoms with Gasteiger partial charge in [0.1, 0.15) is 0 Å². The molecule has 100 valence electrons. The van der Waals surface area contributed by atoms with Crippen LogP contribution in [0.5, 0.6) is 0 Å². The van der Waals surface area contributed by atoms with E-state index in [0.29, 0.717) is 0 Å². The van der Waals surface area contributed by atoms with Crippen LogP contribution in [0.3, 0.4) is 0 Å². The maximum atomic E-state index is 11.2. The van der Waals surface area contributed by atoms with Gasteiger partial charge >= 0.3 is 0 Å². The van der Waals surface area contributed by atoms with Crippen LogP contribution in [0, 0.1) is 0 Å². The van der Waals surface area contributed by atoms with Crippen LogP contribution < -0.4 is 0 Å². The number of ether oxygens (including phenoxy) is 2. The first-order chi connectivity index (χ1) is 9.23. The average Bonchev–Trinajstić information content (AvgIpc) is 2.50. The van der Waals surface area contributed by atoms with Gasteiger partial charge in [-0.1, -0.05) is 60.7 Å². The molecule has 0 aliphatic heterocycles. The molecule has 0 aromatic heterocycles. The minimum Gasteiger partial charge on any atom is -0.375 e. The Labute approximate surface area is 113 Å². The Balaban J connectivity index is 2.57. The van der Waals surface area contributed by atoms with Crippen LogP contribution in [-0.4, -0.2) is 25.6 Å². The Bertz CT molecular complexity index is 452. The molecule has 1 N–H and O–H groups in total. The molecular weight excluding hydrogens is 240 g/mol. The van der Waals surface area contributed by atoms with E-state index in [1.807, 2.05) is 60.7 Å². The molecule has 0 radical (unpaired) electrons. The minimum atomic E-state index is -1.34. The highest BCUT2D eigenvalue weighted by molar-refractivity contribution is 5.36. The maximum Gasteiger partial charge on any atom is 0.194 e. The molecular formula is C16H18O3. The van der Waals surface area contributed by atoms with Gasteiger partial charge in [-0.25, -0.2) is 0 Å². The van der Waals surface area contributed by atoms with Crippen molar-refractivity contribution in [2.75, 3.05) is 14.2 Å². The summed E-state index contributed by atoms with van der Waals surface area (Å²) < 4.78 is 10.6. The van der Waals surface area contributed by atoms with Crippen LogP contribution in [0.4, 0.5) is 0 Å². The van der Waals surface area contributed by atoms with Crippen molar-refractivity contribution in [1.82, 2.24) is 0 Å².